The van der Waals surface area contributed by atoms with Crippen LogP contribution in [0.5, 0.6) is 0 Å². The fourth-order valence-electron chi connectivity index (χ4n) is 0.846. The Balaban J connectivity index is 2.40. The third kappa shape index (κ3) is 2.89. The van der Waals surface area contributed by atoms with Crippen molar-refractivity contribution in [2.24, 2.45) is 0 Å². The van der Waals surface area contributed by atoms with Gasteiger partial charge in [0.05, 0.1) is 6.61 Å². The van der Waals surface area contributed by atoms with E-state index in [4.69, 9.17) is 9.26 Å². The van der Waals surface area contributed by atoms with E-state index in [1.165, 1.54) is 0 Å². The second-order valence-corrected chi connectivity index (χ2v) is 2.81. The first-order valence-electron chi connectivity index (χ1n) is 4.34. The predicted molar refractivity (Wildman–Crippen MR) is 46.4 cm³/mol. The van der Waals surface area contributed by atoms with Crippen LogP contribution in [-0.2, 0) is 4.74 Å². The van der Waals surface area contributed by atoms with Crippen LogP contribution in [0.4, 0.5) is 0 Å². The molecule has 1 heterocycles. The first-order chi connectivity index (χ1) is 6.24. The fraction of sp³-hybridized carbons (Fsp3) is 0.556. The van der Waals surface area contributed by atoms with E-state index in [2.05, 4.69) is 5.16 Å². The molecule has 0 unspecified atom stereocenters. The Bertz CT molecular complexity index is 280. The smallest absolute Gasteiger partial charge is 0.360 e. The SMILES string of the molecule is CCCCOC(=O)c1cc(C)on1. The molecule has 0 aliphatic heterocycles. The standard InChI is InChI=1S/C9H13NO3/c1-3-4-5-12-9(11)8-6-7(2)13-10-8/h6H,3-5H2,1-2H3. The van der Waals surface area contributed by atoms with Crippen LogP contribution in [0, 0.1) is 6.92 Å². The van der Waals surface area contributed by atoms with Crippen LogP contribution in [0.15, 0.2) is 10.6 Å². The Morgan fingerprint density at radius 2 is 2.46 bits per heavy atom. The summed E-state index contributed by atoms with van der Waals surface area (Å²) in [5.41, 5.74) is 0.244. The summed E-state index contributed by atoms with van der Waals surface area (Å²) in [6.07, 6.45) is 1.88. The van der Waals surface area contributed by atoms with Gasteiger partial charge in [-0.15, -0.1) is 0 Å². The Morgan fingerprint density at radius 3 is 3.00 bits per heavy atom. The molecule has 1 aromatic rings. The molecule has 0 fully saturated rings. The lowest BCUT2D eigenvalue weighted by Crippen LogP contribution is -2.06. The van der Waals surface area contributed by atoms with Gasteiger partial charge in [0.25, 0.3) is 0 Å². The van der Waals surface area contributed by atoms with Gasteiger partial charge in [0, 0.05) is 6.07 Å². The molecule has 0 saturated heterocycles. The first kappa shape index (κ1) is 9.77. The third-order valence-corrected chi connectivity index (χ3v) is 1.57. The number of carbonyl (C=O) groups is 1. The highest BCUT2D eigenvalue weighted by molar-refractivity contribution is 5.87. The maximum absolute atomic E-state index is 11.2. The number of ether oxygens (including phenoxy) is 1. The highest BCUT2D eigenvalue weighted by Gasteiger charge is 2.11. The molecule has 0 radical (unpaired) electrons. The molecular formula is C9H13NO3. The molecule has 4 nitrogen and oxygen atoms in total. The Hall–Kier alpha value is -1.32. The third-order valence-electron chi connectivity index (χ3n) is 1.57. The van der Waals surface area contributed by atoms with Gasteiger partial charge < -0.3 is 9.26 Å². The summed E-state index contributed by atoms with van der Waals surface area (Å²) in [5.74, 6) is 0.202. The van der Waals surface area contributed by atoms with Gasteiger partial charge >= 0.3 is 5.97 Å². The second kappa shape index (κ2) is 4.64. The molecule has 13 heavy (non-hydrogen) atoms. The van der Waals surface area contributed by atoms with Gasteiger partial charge in [0.1, 0.15) is 5.76 Å². The van der Waals surface area contributed by atoms with Crippen molar-refractivity contribution in [3.05, 3.63) is 17.5 Å². The van der Waals surface area contributed by atoms with Gasteiger partial charge in [-0.1, -0.05) is 18.5 Å². The normalized spacial score (nSPS) is 10.0. The van der Waals surface area contributed by atoms with Crippen LogP contribution in [-0.4, -0.2) is 17.7 Å². The number of rotatable bonds is 4. The number of unbranched alkanes of at least 4 members (excludes halogenated alkanes) is 1. The van der Waals surface area contributed by atoms with Gasteiger partial charge in [-0.25, -0.2) is 4.79 Å². The van der Waals surface area contributed by atoms with E-state index in [-0.39, 0.29) is 5.69 Å². The number of nitrogens with zero attached hydrogens (tertiary/aromatic N) is 1. The highest BCUT2D eigenvalue weighted by Crippen LogP contribution is 2.03. The molecule has 0 spiro atoms. The topological polar surface area (TPSA) is 52.3 Å². The summed E-state index contributed by atoms with van der Waals surface area (Å²) in [7, 11) is 0. The average molecular weight is 183 g/mol. The largest absolute Gasteiger partial charge is 0.461 e. The molecule has 0 bridgehead atoms. The molecule has 0 saturated carbocycles. The van der Waals surface area contributed by atoms with Crippen LogP contribution < -0.4 is 0 Å². The molecule has 4 heteroatoms. The van der Waals surface area contributed by atoms with Crippen molar-refractivity contribution in [2.75, 3.05) is 6.61 Å². The summed E-state index contributed by atoms with van der Waals surface area (Å²) in [6.45, 7) is 4.21. The summed E-state index contributed by atoms with van der Waals surface area (Å²) in [5, 5.41) is 3.54. The van der Waals surface area contributed by atoms with E-state index in [1.807, 2.05) is 6.92 Å². The lowest BCUT2D eigenvalue weighted by molar-refractivity contribution is 0.0488. The van der Waals surface area contributed by atoms with Gasteiger partial charge in [-0.2, -0.15) is 0 Å². The number of carbonyl (C=O) groups excluding carboxylic acids is 1. The zero-order chi connectivity index (χ0) is 9.68. The van der Waals surface area contributed by atoms with Gasteiger partial charge in [0.15, 0.2) is 5.69 Å². The maximum atomic E-state index is 11.2. The van der Waals surface area contributed by atoms with Crippen LogP contribution in [0.1, 0.15) is 36.0 Å². The summed E-state index contributed by atoms with van der Waals surface area (Å²) >= 11 is 0. The number of esters is 1. The van der Waals surface area contributed by atoms with E-state index in [0.29, 0.717) is 12.4 Å². The number of hydrogen-bond acceptors (Lipinski definition) is 4. The summed E-state index contributed by atoms with van der Waals surface area (Å²) in [4.78, 5) is 11.2. The number of hydrogen-bond donors (Lipinski definition) is 0. The van der Waals surface area contributed by atoms with Crippen LogP contribution in [0.2, 0.25) is 0 Å². The quantitative estimate of drug-likeness (QED) is 0.528. The van der Waals surface area contributed by atoms with Gasteiger partial charge in [0.2, 0.25) is 0 Å². The van der Waals surface area contributed by atoms with Crippen LogP contribution in [0.3, 0.4) is 0 Å². The van der Waals surface area contributed by atoms with Crippen molar-refractivity contribution >= 4 is 5.97 Å². The minimum absolute atomic E-state index is 0.244. The molecule has 1 aromatic heterocycles. The van der Waals surface area contributed by atoms with E-state index >= 15 is 0 Å². The van der Waals surface area contributed by atoms with Crippen molar-refractivity contribution in [1.82, 2.24) is 5.16 Å². The van der Waals surface area contributed by atoms with Crippen molar-refractivity contribution in [3.63, 3.8) is 0 Å². The summed E-state index contributed by atoms with van der Waals surface area (Å²) in [6, 6.07) is 1.56. The van der Waals surface area contributed by atoms with Crippen LogP contribution >= 0.6 is 0 Å². The average Bonchev–Trinajstić information content (AvgIpc) is 2.52. The molecule has 0 aliphatic rings. The van der Waals surface area contributed by atoms with E-state index in [1.54, 1.807) is 13.0 Å². The molecule has 0 aromatic carbocycles. The minimum atomic E-state index is -0.412. The van der Waals surface area contributed by atoms with Crippen LogP contribution in [0.25, 0.3) is 0 Å². The first-order valence-corrected chi connectivity index (χ1v) is 4.34. The molecule has 0 atom stereocenters. The van der Waals surface area contributed by atoms with Crippen molar-refractivity contribution < 1.29 is 14.1 Å². The molecule has 0 N–H and O–H groups in total. The lowest BCUT2D eigenvalue weighted by Gasteiger charge is -1.99. The monoisotopic (exact) mass is 183 g/mol. The Labute approximate surface area is 76.9 Å². The molecule has 0 aliphatic carbocycles. The highest BCUT2D eigenvalue weighted by atomic mass is 16.5. The van der Waals surface area contributed by atoms with Gasteiger partial charge in [-0.3, -0.25) is 0 Å². The minimum Gasteiger partial charge on any atom is -0.461 e. The maximum Gasteiger partial charge on any atom is 0.360 e. The molecule has 72 valence electrons. The van der Waals surface area contributed by atoms with Crippen molar-refractivity contribution in [1.29, 1.82) is 0 Å². The van der Waals surface area contributed by atoms with Gasteiger partial charge in [-0.05, 0) is 13.3 Å². The molecule has 1 rings (SSSR count). The van der Waals surface area contributed by atoms with Crippen molar-refractivity contribution in [3.8, 4) is 0 Å². The van der Waals surface area contributed by atoms with E-state index in [0.717, 1.165) is 12.8 Å². The summed E-state index contributed by atoms with van der Waals surface area (Å²) < 4.78 is 9.66. The molecular weight excluding hydrogens is 170 g/mol. The second-order valence-electron chi connectivity index (χ2n) is 2.81. The fourth-order valence-corrected chi connectivity index (χ4v) is 0.846. The molecule has 0 amide bonds. The van der Waals surface area contributed by atoms with Crippen molar-refractivity contribution in [2.45, 2.75) is 26.7 Å². The number of aryl methyl sites for hydroxylation is 1. The lowest BCUT2D eigenvalue weighted by atomic mass is 10.3. The Kier molecular flexibility index (Phi) is 3.49. The predicted octanol–water partition coefficient (Wildman–Crippen LogP) is 1.94. The van der Waals surface area contributed by atoms with E-state index in [9.17, 15) is 4.79 Å². The Morgan fingerprint density at radius 1 is 1.69 bits per heavy atom. The zero-order valence-corrected chi connectivity index (χ0v) is 7.87. The van der Waals surface area contributed by atoms with E-state index < -0.39 is 5.97 Å². The number of aromatic nitrogens is 1. The zero-order valence-electron chi connectivity index (χ0n) is 7.87.